The maximum absolute atomic E-state index is 12.2. The molecule has 4 nitrogen and oxygen atoms in total. The highest BCUT2D eigenvalue weighted by Gasteiger charge is 2.34. The van der Waals surface area contributed by atoms with E-state index in [1.165, 1.54) is 58.0 Å². The minimum Gasteiger partial charge on any atom is -0.352 e. The lowest BCUT2D eigenvalue weighted by atomic mass is 9.89. The van der Waals surface area contributed by atoms with E-state index in [-0.39, 0.29) is 11.9 Å². The fraction of sp³-hybridized carbons (Fsp3) is 0.941. The number of likely N-dealkylation sites (tertiary alicyclic amines) is 1. The summed E-state index contributed by atoms with van der Waals surface area (Å²) in [6, 6.07) is 1.66. The average Bonchev–Trinajstić information content (AvgIpc) is 2.78. The Balaban J connectivity index is 1.37. The quantitative estimate of drug-likeness (QED) is 0.814. The van der Waals surface area contributed by atoms with Gasteiger partial charge in [-0.15, -0.1) is 0 Å². The van der Waals surface area contributed by atoms with Gasteiger partial charge in [-0.3, -0.25) is 4.79 Å². The van der Waals surface area contributed by atoms with Crippen molar-refractivity contribution in [3.8, 4) is 0 Å². The number of rotatable bonds is 5. The van der Waals surface area contributed by atoms with Gasteiger partial charge >= 0.3 is 0 Å². The normalized spacial score (nSPS) is 34.6. The fourth-order valence-corrected chi connectivity index (χ4v) is 4.51. The van der Waals surface area contributed by atoms with Crippen LogP contribution in [0.15, 0.2) is 0 Å². The summed E-state index contributed by atoms with van der Waals surface area (Å²) in [7, 11) is 0. The van der Waals surface area contributed by atoms with Crippen LogP contribution in [-0.4, -0.2) is 48.6 Å². The highest BCUT2D eigenvalue weighted by atomic mass is 16.1. The number of amides is 1. The summed E-state index contributed by atoms with van der Waals surface area (Å²) in [6.07, 6.45) is 9.77. The van der Waals surface area contributed by atoms with Gasteiger partial charge in [0.25, 0.3) is 0 Å². The molecule has 0 aromatic heterocycles. The predicted molar refractivity (Wildman–Crippen MR) is 85.2 cm³/mol. The van der Waals surface area contributed by atoms with E-state index in [0.717, 1.165) is 13.0 Å². The summed E-state index contributed by atoms with van der Waals surface area (Å²) >= 11 is 0. The van der Waals surface area contributed by atoms with E-state index in [2.05, 4.69) is 22.5 Å². The third-order valence-corrected chi connectivity index (χ3v) is 5.43. The van der Waals surface area contributed by atoms with E-state index in [1.807, 2.05) is 0 Å². The minimum atomic E-state index is 0.269. The molecule has 0 radical (unpaired) electrons. The van der Waals surface area contributed by atoms with E-state index < -0.39 is 0 Å². The number of nitrogens with zero attached hydrogens (tertiary/aromatic N) is 1. The lowest BCUT2D eigenvalue weighted by Crippen LogP contribution is -2.45. The van der Waals surface area contributed by atoms with Crippen LogP contribution >= 0.6 is 0 Å². The number of hydrogen-bond donors (Lipinski definition) is 2. The van der Waals surface area contributed by atoms with Crippen molar-refractivity contribution >= 4 is 5.91 Å². The van der Waals surface area contributed by atoms with Gasteiger partial charge in [-0.1, -0.05) is 6.42 Å². The first-order valence-electron chi connectivity index (χ1n) is 8.97. The van der Waals surface area contributed by atoms with Crippen LogP contribution in [0.4, 0.5) is 0 Å². The molecule has 1 amide bonds. The Morgan fingerprint density at radius 3 is 2.52 bits per heavy atom. The van der Waals surface area contributed by atoms with Crippen LogP contribution in [0.2, 0.25) is 0 Å². The summed E-state index contributed by atoms with van der Waals surface area (Å²) in [5, 5.41) is 6.87. The van der Waals surface area contributed by atoms with Gasteiger partial charge in [-0.05, 0) is 64.5 Å². The van der Waals surface area contributed by atoms with E-state index >= 15 is 0 Å². The second-order valence-electron chi connectivity index (χ2n) is 7.51. The minimum absolute atomic E-state index is 0.269. The van der Waals surface area contributed by atoms with Crippen molar-refractivity contribution in [3.63, 3.8) is 0 Å². The molecule has 4 heteroatoms. The van der Waals surface area contributed by atoms with E-state index in [1.54, 1.807) is 0 Å². The largest absolute Gasteiger partial charge is 0.352 e. The zero-order chi connectivity index (χ0) is 14.7. The summed E-state index contributed by atoms with van der Waals surface area (Å²) in [6.45, 7) is 5.58. The van der Waals surface area contributed by atoms with Crippen molar-refractivity contribution in [2.24, 2.45) is 5.92 Å². The molecule has 3 heterocycles. The Labute approximate surface area is 129 Å². The van der Waals surface area contributed by atoms with Crippen LogP contribution in [0.1, 0.15) is 58.3 Å². The van der Waals surface area contributed by atoms with Gasteiger partial charge in [0.2, 0.25) is 5.91 Å². The molecule has 3 unspecified atom stereocenters. The maximum Gasteiger partial charge on any atom is 0.220 e. The molecule has 2 bridgehead atoms. The van der Waals surface area contributed by atoms with E-state index in [0.29, 0.717) is 18.0 Å². The molecule has 0 spiro atoms. The standard InChI is InChI=1S/C17H31N3O/c1-13(12-20-7-3-2-4-8-20)18-17(21)11-14-9-15-5-6-16(10-14)19-15/h13-16,19H,2-12H2,1H3,(H,18,21). The van der Waals surface area contributed by atoms with E-state index in [9.17, 15) is 4.79 Å². The number of piperidine rings is 2. The molecule has 2 N–H and O–H groups in total. The molecule has 3 atom stereocenters. The van der Waals surface area contributed by atoms with Gasteiger partial charge < -0.3 is 15.5 Å². The third kappa shape index (κ3) is 4.43. The molecular weight excluding hydrogens is 262 g/mol. The van der Waals surface area contributed by atoms with Crippen molar-refractivity contribution in [3.05, 3.63) is 0 Å². The van der Waals surface area contributed by atoms with Crippen molar-refractivity contribution in [2.75, 3.05) is 19.6 Å². The molecule has 0 aromatic carbocycles. The van der Waals surface area contributed by atoms with Gasteiger partial charge in [0.05, 0.1) is 0 Å². The Kier molecular flexibility index (Phi) is 5.17. The Bertz CT molecular complexity index is 342. The second kappa shape index (κ2) is 7.10. The Morgan fingerprint density at radius 1 is 1.19 bits per heavy atom. The smallest absolute Gasteiger partial charge is 0.220 e. The van der Waals surface area contributed by atoms with Crippen LogP contribution in [0, 0.1) is 5.92 Å². The molecule has 3 aliphatic rings. The molecule has 21 heavy (non-hydrogen) atoms. The van der Waals surface area contributed by atoms with Crippen LogP contribution in [-0.2, 0) is 4.79 Å². The summed E-state index contributed by atoms with van der Waals surface area (Å²) in [5.41, 5.74) is 0. The van der Waals surface area contributed by atoms with E-state index in [4.69, 9.17) is 0 Å². The maximum atomic E-state index is 12.2. The topological polar surface area (TPSA) is 44.4 Å². The second-order valence-corrected chi connectivity index (χ2v) is 7.51. The SMILES string of the molecule is CC(CN1CCCCC1)NC(=O)CC1CC2CCC(C1)N2. The fourth-order valence-electron chi connectivity index (χ4n) is 4.51. The highest BCUT2D eigenvalue weighted by Crippen LogP contribution is 2.32. The molecular formula is C17H31N3O. The molecule has 0 aromatic rings. The van der Waals surface area contributed by atoms with Crippen molar-refractivity contribution in [1.82, 2.24) is 15.5 Å². The molecule has 3 fully saturated rings. The first kappa shape index (κ1) is 15.3. The molecule has 0 saturated carbocycles. The lowest BCUT2D eigenvalue weighted by Gasteiger charge is -2.31. The highest BCUT2D eigenvalue weighted by molar-refractivity contribution is 5.76. The molecule has 120 valence electrons. The summed E-state index contributed by atoms with van der Waals surface area (Å²) in [4.78, 5) is 14.7. The van der Waals surface area contributed by atoms with Gasteiger partial charge in [0.15, 0.2) is 0 Å². The number of nitrogens with one attached hydrogen (secondary N) is 2. The van der Waals surface area contributed by atoms with Gasteiger partial charge in [0.1, 0.15) is 0 Å². The van der Waals surface area contributed by atoms with Gasteiger partial charge in [0, 0.05) is 31.1 Å². The molecule has 0 aliphatic carbocycles. The van der Waals surface area contributed by atoms with Crippen LogP contribution < -0.4 is 10.6 Å². The number of carbonyl (C=O) groups excluding carboxylic acids is 1. The predicted octanol–water partition coefficient (Wildman–Crippen LogP) is 1.90. The molecule has 3 saturated heterocycles. The van der Waals surface area contributed by atoms with Crippen molar-refractivity contribution in [2.45, 2.75) is 76.4 Å². The first-order valence-corrected chi connectivity index (χ1v) is 8.97. The molecule has 3 aliphatic heterocycles. The number of carbonyl (C=O) groups is 1. The summed E-state index contributed by atoms with van der Waals surface area (Å²) in [5.74, 6) is 0.872. The number of hydrogen-bond acceptors (Lipinski definition) is 3. The van der Waals surface area contributed by atoms with Crippen LogP contribution in [0.25, 0.3) is 0 Å². The van der Waals surface area contributed by atoms with Gasteiger partial charge in [-0.2, -0.15) is 0 Å². The van der Waals surface area contributed by atoms with Crippen molar-refractivity contribution < 1.29 is 4.79 Å². The third-order valence-electron chi connectivity index (χ3n) is 5.43. The van der Waals surface area contributed by atoms with Crippen LogP contribution in [0.3, 0.4) is 0 Å². The van der Waals surface area contributed by atoms with Gasteiger partial charge in [-0.25, -0.2) is 0 Å². The Morgan fingerprint density at radius 2 is 1.86 bits per heavy atom. The zero-order valence-electron chi connectivity index (χ0n) is 13.4. The monoisotopic (exact) mass is 293 g/mol. The Hall–Kier alpha value is -0.610. The first-order chi connectivity index (χ1) is 10.2. The van der Waals surface area contributed by atoms with Crippen LogP contribution in [0.5, 0.6) is 0 Å². The average molecular weight is 293 g/mol. The lowest BCUT2D eigenvalue weighted by molar-refractivity contribution is -0.123. The zero-order valence-corrected chi connectivity index (χ0v) is 13.4. The summed E-state index contributed by atoms with van der Waals surface area (Å²) < 4.78 is 0. The number of fused-ring (bicyclic) bond motifs is 2. The molecule has 3 rings (SSSR count). The van der Waals surface area contributed by atoms with Crippen molar-refractivity contribution in [1.29, 1.82) is 0 Å².